The zero-order valence-corrected chi connectivity index (χ0v) is 24.9. The fraction of sp³-hybridized carbons (Fsp3) is 0.278. The minimum atomic E-state index is -0.0624. The predicted molar refractivity (Wildman–Crippen MR) is 172 cm³/mol. The van der Waals surface area contributed by atoms with Gasteiger partial charge >= 0.3 is 0 Å². The van der Waals surface area contributed by atoms with Crippen LogP contribution in [-0.2, 0) is 9.59 Å². The van der Waals surface area contributed by atoms with Gasteiger partial charge in [-0.25, -0.2) is 0 Å². The lowest BCUT2D eigenvalue weighted by Gasteiger charge is -2.08. The molecule has 0 fully saturated rings. The molecule has 0 aliphatic carbocycles. The second-order valence-electron chi connectivity index (χ2n) is 9.92. The van der Waals surface area contributed by atoms with E-state index in [0.29, 0.717) is 24.2 Å². The SMILES string of the molecule is CC1=C/C=C/C=C\C=C/[C@H](C)CNC(=O)/C(C)=C/C=C/C(C)=C/C=C/C=C\C=C/[C@H](C)CNC(=O)/C(C)=C/C=C1. The maximum absolute atomic E-state index is 12.4. The van der Waals surface area contributed by atoms with E-state index in [1.165, 1.54) is 0 Å². The van der Waals surface area contributed by atoms with Gasteiger partial charge in [0.1, 0.15) is 0 Å². The number of nitrogens with one attached hydrogen (secondary N) is 2. The van der Waals surface area contributed by atoms with Crippen molar-refractivity contribution in [2.45, 2.75) is 41.5 Å². The summed E-state index contributed by atoms with van der Waals surface area (Å²) in [5.41, 5.74) is 3.49. The molecule has 2 N–H and O–H groups in total. The molecule has 1 heterocycles. The Morgan fingerprint density at radius 3 is 1.25 bits per heavy atom. The first kappa shape index (κ1) is 33.8. The number of carbonyl (C=O) groups excluding carboxylic acids is 2. The molecule has 0 aromatic carbocycles. The molecule has 1 aliphatic rings. The average Bonchev–Trinajstić information content (AvgIpc) is 2.92. The second-order valence-corrected chi connectivity index (χ2v) is 9.92. The van der Waals surface area contributed by atoms with Gasteiger partial charge in [0.2, 0.25) is 11.8 Å². The van der Waals surface area contributed by atoms with Crippen LogP contribution in [-0.4, -0.2) is 24.9 Å². The fourth-order valence-electron chi connectivity index (χ4n) is 3.18. The number of rotatable bonds is 0. The summed E-state index contributed by atoms with van der Waals surface area (Å²) < 4.78 is 0. The molecule has 0 saturated carbocycles. The summed E-state index contributed by atoms with van der Waals surface area (Å²) >= 11 is 0. The van der Waals surface area contributed by atoms with Gasteiger partial charge in [0.15, 0.2) is 0 Å². The van der Waals surface area contributed by atoms with E-state index in [0.717, 1.165) is 11.1 Å². The standard InChI is InChI=1S/C36H46N2O2/c1-29-19-13-9-7-11-15-21-31(3)28-38-36(40)34(6)26-18-24-30(2)20-14-10-8-12-16-22-32(4)27-37-35(39)33(5)25-17-23-29/h7-26,31-32H,27-28H2,1-6H3,(H,37,39)(H,38,40)/b11-7-,12-8-,13-9+,14-10+,21-15-,22-16-,23-17+,24-18?,29-19+,30-20?,33-25+,34-26+/t31-,32-/m0/s1. The van der Waals surface area contributed by atoms with Crippen LogP contribution in [0.15, 0.2) is 144 Å². The van der Waals surface area contributed by atoms with Crippen LogP contribution in [0.25, 0.3) is 0 Å². The van der Waals surface area contributed by atoms with Crippen LogP contribution in [0, 0.1) is 11.8 Å². The van der Waals surface area contributed by atoms with Crippen molar-refractivity contribution in [2.75, 3.05) is 13.1 Å². The van der Waals surface area contributed by atoms with E-state index in [-0.39, 0.29) is 23.7 Å². The van der Waals surface area contributed by atoms with Crippen LogP contribution in [0.2, 0.25) is 0 Å². The van der Waals surface area contributed by atoms with Crippen molar-refractivity contribution in [1.82, 2.24) is 10.6 Å². The van der Waals surface area contributed by atoms with Gasteiger partial charge in [-0.05, 0) is 39.5 Å². The van der Waals surface area contributed by atoms with Gasteiger partial charge in [0, 0.05) is 24.2 Å². The molecule has 0 spiro atoms. The molecule has 0 aromatic rings. The molecular formula is C36H46N2O2. The monoisotopic (exact) mass is 538 g/mol. The van der Waals surface area contributed by atoms with Crippen LogP contribution in [0.3, 0.4) is 0 Å². The Morgan fingerprint density at radius 1 is 0.500 bits per heavy atom. The van der Waals surface area contributed by atoms with Crippen LogP contribution >= 0.6 is 0 Å². The van der Waals surface area contributed by atoms with Crippen LogP contribution in [0.1, 0.15) is 41.5 Å². The number of amides is 2. The van der Waals surface area contributed by atoms with Gasteiger partial charge in [0.25, 0.3) is 0 Å². The van der Waals surface area contributed by atoms with Gasteiger partial charge in [-0.2, -0.15) is 0 Å². The molecule has 212 valence electrons. The predicted octanol–water partition coefficient (Wildman–Crippen LogP) is 7.74. The number of hydrogen-bond acceptors (Lipinski definition) is 2. The van der Waals surface area contributed by atoms with Crippen molar-refractivity contribution < 1.29 is 9.59 Å². The van der Waals surface area contributed by atoms with E-state index in [1.807, 2.05) is 137 Å². The molecule has 1 aliphatic heterocycles. The molecule has 0 unspecified atom stereocenters. The minimum absolute atomic E-state index is 0.0624. The van der Waals surface area contributed by atoms with Gasteiger partial charge in [-0.1, -0.05) is 147 Å². The summed E-state index contributed by atoms with van der Waals surface area (Å²) in [5, 5.41) is 5.97. The zero-order valence-electron chi connectivity index (χ0n) is 24.9. The Bertz CT molecular complexity index is 1100. The van der Waals surface area contributed by atoms with E-state index < -0.39 is 0 Å². The van der Waals surface area contributed by atoms with E-state index in [1.54, 1.807) is 0 Å². The maximum Gasteiger partial charge on any atom is 0.246 e. The largest absolute Gasteiger partial charge is 0.352 e. The third kappa shape index (κ3) is 17.4. The van der Waals surface area contributed by atoms with Gasteiger partial charge in [-0.3, -0.25) is 9.59 Å². The fourth-order valence-corrected chi connectivity index (χ4v) is 3.18. The first-order chi connectivity index (χ1) is 19.2. The molecule has 2 amide bonds. The van der Waals surface area contributed by atoms with Gasteiger partial charge in [-0.15, -0.1) is 0 Å². The van der Waals surface area contributed by atoms with E-state index >= 15 is 0 Å². The highest BCUT2D eigenvalue weighted by Crippen LogP contribution is 2.03. The topological polar surface area (TPSA) is 58.2 Å². The van der Waals surface area contributed by atoms with Gasteiger partial charge < -0.3 is 10.6 Å². The minimum Gasteiger partial charge on any atom is -0.352 e. The molecule has 1 rings (SSSR count). The summed E-state index contributed by atoms with van der Waals surface area (Å²) in [6.07, 6.45) is 39.2. The molecule has 0 aromatic heterocycles. The lowest BCUT2D eigenvalue weighted by molar-refractivity contribution is -0.118. The van der Waals surface area contributed by atoms with Crippen molar-refractivity contribution in [3.05, 3.63) is 144 Å². The molecule has 2 atom stereocenters. The molecule has 0 saturated heterocycles. The zero-order chi connectivity index (χ0) is 29.6. The Labute approximate surface area is 242 Å². The number of carbonyl (C=O) groups is 2. The van der Waals surface area contributed by atoms with Crippen LogP contribution in [0.5, 0.6) is 0 Å². The quantitative estimate of drug-likeness (QED) is 0.331. The lowest BCUT2D eigenvalue weighted by Crippen LogP contribution is -2.28. The van der Waals surface area contributed by atoms with Crippen molar-refractivity contribution in [2.24, 2.45) is 11.8 Å². The van der Waals surface area contributed by atoms with Crippen molar-refractivity contribution >= 4 is 11.8 Å². The average molecular weight is 539 g/mol. The van der Waals surface area contributed by atoms with Crippen molar-refractivity contribution in [3.8, 4) is 0 Å². The molecule has 40 heavy (non-hydrogen) atoms. The molecular weight excluding hydrogens is 492 g/mol. The highest BCUT2D eigenvalue weighted by atomic mass is 16.2. The first-order valence-corrected chi connectivity index (χ1v) is 13.8. The summed E-state index contributed by atoms with van der Waals surface area (Å²) in [7, 11) is 0. The Hall–Kier alpha value is -4.18. The summed E-state index contributed by atoms with van der Waals surface area (Å²) in [4.78, 5) is 24.7. The van der Waals surface area contributed by atoms with E-state index in [2.05, 4.69) is 36.6 Å². The van der Waals surface area contributed by atoms with E-state index in [9.17, 15) is 9.59 Å². The maximum atomic E-state index is 12.4. The highest BCUT2D eigenvalue weighted by molar-refractivity contribution is 5.93. The number of allylic oxidation sites excluding steroid dienone is 20. The Kier molecular flexibility index (Phi) is 17.6. The van der Waals surface area contributed by atoms with Crippen molar-refractivity contribution in [1.29, 1.82) is 0 Å². The van der Waals surface area contributed by atoms with E-state index in [4.69, 9.17) is 0 Å². The van der Waals surface area contributed by atoms with Crippen molar-refractivity contribution in [3.63, 3.8) is 0 Å². The van der Waals surface area contributed by atoms with Gasteiger partial charge in [0.05, 0.1) is 0 Å². The van der Waals surface area contributed by atoms with Crippen LogP contribution < -0.4 is 10.6 Å². The lowest BCUT2D eigenvalue weighted by atomic mass is 10.1. The first-order valence-electron chi connectivity index (χ1n) is 13.8. The molecule has 4 heteroatoms. The third-order valence-electron chi connectivity index (χ3n) is 5.78. The molecule has 0 bridgehead atoms. The Balaban J connectivity index is 2.96. The second kappa shape index (κ2) is 20.7. The number of hydrogen-bond donors (Lipinski definition) is 2. The third-order valence-corrected chi connectivity index (χ3v) is 5.78. The summed E-state index contributed by atoms with van der Waals surface area (Å²) in [5.74, 6) is 0.303. The summed E-state index contributed by atoms with van der Waals surface area (Å²) in [6.45, 7) is 12.9. The normalized spacial score (nSPS) is 30.9. The molecule has 4 nitrogen and oxygen atoms in total. The summed E-state index contributed by atoms with van der Waals surface area (Å²) in [6, 6.07) is 0. The van der Waals surface area contributed by atoms with Crippen LogP contribution in [0.4, 0.5) is 0 Å². The smallest absolute Gasteiger partial charge is 0.246 e. The Morgan fingerprint density at radius 2 is 0.850 bits per heavy atom. The molecule has 0 radical (unpaired) electrons. The highest BCUT2D eigenvalue weighted by Gasteiger charge is 2.05.